The third-order valence-electron chi connectivity index (χ3n) is 5.00. The predicted molar refractivity (Wildman–Crippen MR) is 108 cm³/mol. The van der Waals surface area contributed by atoms with Crippen LogP contribution in [-0.4, -0.2) is 9.55 Å². The van der Waals surface area contributed by atoms with E-state index >= 15 is 0 Å². The number of hydrogen-bond acceptors (Lipinski definition) is 3. The Morgan fingerprint density at radius 2 is 1.78 bits per heavy atom. The van der Waals surface area contributed by atoms with Crippen molar-refractivity contribution in [3.63, 3.8) is 0 Å². The van der Waals surface area contributed by atoms with Gasteiger partial charge in [-0.25, -0.2) is 4.98 Å². The van der Waals surface area contributed by atoms with Crippen LogP contribution < -0.4 is 0 Å². The van der Waals surface area contributed by atoms with E-state index in [1.54, 1.807) is 17.6 Å². The van der Waals surface area contributed by atoms with Gasteiger partial charge >= 0.3 is 12.4 Å². The van der Waals surface area contributed by atoms with E-state index in [4.69, 9.17) is 5.26 Å². The van der Waals surface area contributed by atoms with E-state index in [9.17, 15) is 26.3 Å². The van der Waals surface area contributed by atoms with Crippen molar-refractivity contribution in [3.05, 3.63) is 75.9 Å². The molecule has 0 saturated carbocycles. The Bertz CT molecular complexity index is 1350. The standard InChI is InChI=1S/C22H13F6N3S/c1-12-7-17-18(6-5-14(9-29)19(17)22(26,27)28)31(12)11-16-10-30-20(32-16)13-3-2-4-15(8-13)21(23,24)25/h2-8,10H,11H2,1H3. The minimum absolute atomic E-state index is 0.0725. The molecular weight excluding hydrogens is 452 g/mol. The van der Waals surface area contributed by atoms with Crippen LogP contribution in [-0.2, 0) is 18.9 Å². The van der Waals surface area contributed by atoms with Crippen molar-refractivity contribution >= 4 is 22.2 Å². The first-order valence-corrected chi connectivity index (χ1v) is 10.0. The van der Waals surface area contributed by atoms with E-state index in [1.165, 1.54) is 30.5 Å². The largest absolute Gasteiger partial charge is 0.418 e. The second-order valence-corrected chi connectivity index (χ2v) is 8.23. The van der Waals surface area contributed by atoms with Gasteiger partial charge in [0.25, 0.3) is 0 Å². The number of thiazole rings is 1. The predicted octanol–water partition coefficient (Wildman–Crippen LogP) is 7.03. The lowest BCUT2D eigenvalue weighted by molar-refractivity contribution is -0.138. The second-order valence-electron chi connectivity index (χ2n) is 7.11. The van der Waals surface area contributed by atoms with Crippen molar-refractivity contribution in [2.45, 2.75) is 25.8 Å². The molecule has 0 aliphatic carbocycles. The molecule has 2 aromatic heterocycles. The summed E-state index contributed by atoms with van der Waals surface area (Å²) in [6.07, 6.45) is -7.67. The third-order valence-corrected chi connectivity index (χ3v) is 6.03. The molecule has 0 spiro atoms. The Balaban J connectivity index is 1.73. The first kappa shape index (κ1) is 21.9. The summed E-state index contributed by atoms with van der Waals surface area (Å²) in [6, 6.07) is 10.4. The molecule has 0 radical (unpaired) electrons. The van der Waals surface area contributed by atoms with Gasteiger partial charge in [-0.2, -0.15) is 31.6 Å². The van der Waals surface area contributed by atoms with Crippen molar-refractivity contribution in [2.24, 2.45) is 0 Å². The summed E-state index contributed by atoms with van der Waals surface area (Å²) < 4.78 is 81.4. The van der Waals surface area contributed by atoms with Crippen LogP contribution in [0, 0.1) is 18.3 Å². The van der Waals surface area contributed by atoms with Crippen molar-refractivity contribution in [1.29, 1.82) is 5.26 Å². The summed E-state index contributed by atoms with van der Waals surface area (Å²) in [5, 5.41) is 9.40. The van der Waals surface area contributed by atoms with Gasteiger partial charge in [0.2, 0.25) is 0 Å². The Morgan fingerprint density at radius 3 is 2.44 bits per heavy atom. The van der Waals surface area contributed by atoms with Crippen LogP contribution in [0.25, 0.3) is 21.5 Å². The van der Waals surface area contributed by atoms with Gasteiger partial charge in [-0.3, -0.25) is 0 Å². The lowest BCUT2D eigenvalue weighted by Crippen LogP contribution is -2.09. The van der Waals surface area contributed by atoms with E-state index in [-0.39, 0.29) is 11.9 Å². The first-order valence-electron chi connectivity index (χ1n) is 9.21. The SMILES string of the molecule is Cc1cc2c(C(F)(F)F)c(C#N)ccc2n1Cc1cnc(-c2cccc(C(F)(F)F)c2)s1. The molecule has 10 heteroatoms. The number of rotatable bonds is 3. The quantitative estimate of drug-likeness (QED) is 0.305. The molecule has 0 aliphatic rings. The molecule has 32 heavy (non-hydrogen) atoms. The molecule has 0 atom stereocenters. The van der Waals surface area contributed by atoms with Gasteiger partial charge in [-0.1, -0.05) is 12.1 Å². The minimum atomic E-state index is -4.69. The Labute approximate surface area is 182 Å². The zero-order valence-corrected chi connectivity index (χ0v) is 17.2. The Hall–Kier alpha value is -3.32. The topological polar surface area (TPSA) is 41.6 Å². The van der Waals surface area contributed by atoms with Crippen molar-refractivity contribution in [2.75, 3.05) is 0 Å². The fourth-order valence-electron chi connectivity index (χ4n) is 3.57. The smallest absolute Gasteiger partial charge is 0.340 e. The highest BCUT2D eigenvalue weighted by molar-refractivity contribution is 7.15. The number of nitriles is 1. The maximum atomic E-state index is 13.6. The highest BCUT2D eigenvalue weighted by atomic mass is 32.1. The molecule has 0 N–H and O–H groups in total. The van der Waals surface area contributed by atoms with E-state index in [2.05, 4.69) is 4.98 Å². The average molecular weight is 465 g/mol. The molecule has 2 aromatic carbocycles. The van der Waals surface area contributed by atoms with E-state index < -0.39 is 29.0 Å². The van der Waals surface area contributed by atoms with Crippen molar-refractivity contribution in [1.82, 2.24) is 9.55 Å². The molecule has 4 aromatic rings. The molecule has 2 heterocycles. The van der Waals surface area contributed by atoms with Gasteiger partial charge < -0.3 is 4.57 Å². The van der Waals surface area contributed by atoms with E-state index in [0.717, 1.165) is 29.5 Å². The van der Waals surface area contributed by atoms with Crippen LogP contribution in [0.1, 0.15) is 27.3 Å². The fourth-order valence-corrected chi connectivity index (χ4v) is 4.47. The van der Waals surface area contributed by atoms with Gasteiger partial charge in [-0.05, 0) is 37.3 Å². The average Bonchev–Trinajstić information content (AvgIpc) is 3.31. The molecule has 0 unspecified atom stereocenters. The molecule has 0 aliphatic heterocycles. The van der Waals surface area contributed by atoms with Gasteiger partial charge in [0, 0.05) is 33.2 Å². The zero-order chi connectivity index (χ0) is 23.3. The number of halogens is 6. The van der Waals surface area contributed by atoms with Crippen molar-refractivity contribution in [3.8, 4) is 16.6 Å². The summed E-state index contributed by atoms with van der Waals surface area (Å²) in [7, 11) is 0. The van der Waals surface area contributed by atoms with Gasteiger partial charge in [0.1, 0.15) is 5.01 Å². The number of nitrogens with zero attached hydrogens (tertiary/aromatic N) is 3. The molecule has 3 nitrogen and oxygen atoms in total. The Kier molecular flexibility index (Phi) is 5.25. The fraction of sp³-hybridized carbons (Fsp3) is 0.182. The number of hydrogen-bond donors (Lipinski definition) is 0. The lowest BCUT2D eigenvalue weighted by Gasteiger charge is -2.11. The maximum Gasteiger partial charge on any atom is 0.418 e. The maximum absolute atomic E-state index is 13.6. The molecule has 0 amide bonds. The molecule has 0 fully saturated rings. The first-order chi connectivity index (χ1) is 15.0. The highest BCUT2D eigenvalue weighted by Crippen LogP contribution is 2.39. The minimum Gasteiger partial charge on any atom is -0.340 e. The molecule has 164 valence electrons. The van der Waals surface area contributed by atoms with Gasteiger partial charge in [-0.15, -0.1) is 11.3 Å². The van der Waals surface area contributed by atoms with Gasteiger partial charge in [0.15, 0.2) is 0 Å². The van der Waals surface area contributed by atoms with Crippen LogP contribution >= 0.6 is 11.3 Å². The zero-order valence-electron chi connectivity index (χ0n) is 16.3. The molecule has 0 saturated heterocycles. The Morgan fingerprint density at radius 1 is 1.03 bits per heavy atom. The summed E-state index contributed by atoms with van der Waals surface area (Å²) in [4.78, 5) is 4.86. The lowest BCUT2D eigenvalue weighted by atomic mass is 10.0. The number of benzene rings is 2. The van der Waals surface area contributed by atoms with Crippen molar-refractivity contribution < 1.29 is 26.3 Å². The summed E-state index contributed by atoms with van der Waals surface area (Å²) in [5.74, 6) is 0. The molecule has 0 bridgehead atoms. The normalized spacial score (nSPS) is 12.3. The second kappa shape index (κ2) is 7.67. The van der Waals surface area contributed by atoms with Gasteiger partial charge in [0.05, 0.1) is 29.3 Å². The number of aryl methyl sites for hydroxylation is 1. The number of alkyl halides is 6. The van der Waals surface area contributed by atoms with Crippen LogP contribution in [0.4, 0.5) is 26.3 Å². The van der Waals surface area contributed by atoms with Crippen LogP contribution in [0.2, 0.25) is 0 Å². The number of aromatic nitrogens is 2. The monoisotopic (exact) mass is 465 g/mol. The van der Waals surface area contributed by atoms with Crippen LogP contribution in [0.15, 0.2) is 48.7 Å². The van der Waals surface area contributed by atoms with E-state index in [0.29, 0.717) is 26.7 Å². The molecular formula is C22H13F6N3S. The molecule has 4 rings (SSSR count). The summed E-state index contributed by atoms with van der Waals surface area (Å²) in [5.41, 5.74) is -1.05. The van der Waals surface area contributed by atoms with E-state index in [1.807, 2.05) is 0 Å². The number of fused-ring (bicyclic) bond motifs is 1. The van der Waals surface area contributed by atoms with Crippen LogP contribution in [0.5, 0.6) is 0 Å². The van der Waals surface area contributed by atoms with Crippen LogP contribution in [0.3, 0.4) is 0 Å². The summed E-state index contributed by atoms with van der Waals surface area (Å²) >= 11 is 1.16. The highest BCUT2D eigenvalue weighted by Gasteiger charge is 2.36. The summed E-state index contributed by atoms with van der Waals surface area (Å²) in [6.45, 7) is 1.84. The third kappa shape index (κ3) is 3.96.